The van der Waals surface area contributed by atoms with E-state index in [0.717, 1.165) is 10.0 Å². The van der Waals surface area contributed by atoms with Gasteiger partial charge in [0, 0.05) is 23.1 Å². The molecular weight excluding hydrogens is 358 g/mol. The largest absolute Gasteiger partial charge is 0.488 e. The number of hydrogen-bond acceptors (Lipinski definition) is 3. The van der Waals surface area contributed by atoms with Gasteiger partial charge in [-0.25, -0.2) is 0 Å². The average molecular weight is 376 g/mol. The highest BCUT2D eigenvalue weighted by molar-refractivity contribution is 9.10. The van der Waals surface area contributed by atoms with Crippen molar-refractivity contribution in [3.8, 4) is 5.75 Å². The number of amides is 1. The van der Waals surface area contributed by atoms with Crippen LogP contribution in [0.4, 0.5) is 0 Å². The molecule has 1 heterocycles. The van der Waals surface area contributed by atoms with Crippen molar-refractivity contribution < 1.29 is 14.3 Å². The Balaban J connectivity index is 1.75. The van der Waals surface area contributed by atoms with Crippen LogP contribution in [-0.2, 0) is 11.3 Å². The molecule has 0 spiro atoms. The van der Waals surface area contributed by atoms with Gasteiger partial charge in [0.05, 0.1) is 18.8 Å². The summed E-state index contributed by atoms with van der Waals surface area (Å²) >= 11 is 3.51. The van der Waals surface area contributed by atoms with E-state index in [1.807, 2.05) is 53.4 Å². The maximum atomic E-state index is 12.7. The first-order valence-electron chi connectivity index (χ1n) is 7.58. The lowest BCUT2D eigenvalue weighted by atomic mass is 10.1. The number of carbonyl (C=O) groups excluding carboxylic acids is 1. The second kappa shape index (κ2) is 7.62. The third-order valence-corrected chi connectivity index (χ3v) is 4.53. The summed E-state index contributed by atoms with van der Waals surface area (Å²) in [5.74, 6) is 0.607. The summed E-state index contributed by atoms with van der Waals surface area (Å²) in [4.78, 5) is 14.5. The molecule has 0 atom stereocenters. The van der Waals surface area contributed by atoms with E-state index in [-0.39, 0.29) is 5.91 Å². The summed E-state index contributed by atoms with van der Waals surface area (Å²) in [5.41, 5.74) is 1.64. The molecule has 2 aromatic carbocycles. The van der Waals surface area contributed by atoms with Crippen molar-refractivity contribution in [1.82, 2.24) is 4.90 Å². The molecule has 1 aliphatic heterocycles. The molecule has 0 bridgehead atoms. The molecule has 120 valence electrons. The number of nitrogens with zero attached hydrogens (tertiary/aromatic N) is 1. The zero-order valence-corrected chi connectivity index (χ0v) is 14.3. The first kappa shape index (κ1) is 16.0. The number of hydrogen-bond donors (Lipinski definition) is 0. The van der Waals surface area contributed by atoms with Gasteiger partial charge in [-0.1, -0.05) is 46.3 Å². The fourth-order valence-corrected chi connectivity index (χ4v) is 2.88. The predicted molar refractivity (Wildman–Crippen MR) is 91.6 cm³/mol. The van der Waals surface area contributed by atoms with Gasteiger partial charge in [0.2, 0.25) is 0 Å². The second-order valence-corrected chi connectivity index (χ2v) is 6.14. The molecule has 1 fully saturated rings. The first-order valence-corrected chi connectivity index (χ1v) is 8.37. The predicted octanol–water partition coefficient (Wildman–Crippen LogP) is 3.50. The van der Waals surface area contributed by atoms with Gasteiger partial charge < -0.3 is 14.4 Å². The fourth-order valence-electron chi connectivity index (χ4n) is 2.48. The molecule has 0 unspecified atom stereocenters. The van der Waals surface area contributed by atoms with Gasteiger partial charge in [-0.05, 0) is 18.2 Å². The Kier molecular flexibility index (Phi) is 5.31. The number of morpholine rings is 1. The van der Waals surface area contributed by atoms with Crippen LogP contribution in [-0.4, -0.2) is 37.1 Å². The Labute approximate surface area is 144 Å². The van der Waals surface area contributed by atoms with Gasteiger partial charge in [-0.2, -0.15) is 0 Å². The SMILES string of the molecule is O=C(c1ccccc1OCc1ccccc1Br)N1CCOCC1. The summed E-state index contributed by atoms with van der Waals surface area (Å²) in [7, 11) is 0. The van der Waals surface area contributed by atoms with Crippen molar-refractivity contribution in [2.45, 2.75) is 6.61 Å². The Hall–Kier alpha value is -1.85. The van der Waals surface area contributed by atoms with Gasteiger partial charge in [0.1, 0.15) is 12.4 Å². The molecule has 1 saturated heterocycles. The zero-order valence-electron chi connectivity index (χ0n) is 12.7. The van der Waals surface area contributed by atoms with Gasteiger partial charge in [-0.3, -0.25) is 4.79 Å². The first-order chi connectivity index (χ1) is 11.3. The van der Waals surface area contributed by atoms with Crippen LogP contribution in [0.3, 0.4) is 0 Å². The number of ether oxygens (including phenoxy) is 2. The van der Waals surface area contributed by atoms with E-state index in [0.29, 0.717) is 44.2 Å². The van der Waals surface area contributed by atoms with Crippen molar-refractivity contribution in [3.63, 3.8) is 0 Å². The highest BCUT2D eigenvalue weighted by Crippen LogP contribution is 2.23. The van der Waals surface area contributed by atoms with Crippen LogP contribution in [0.5, 0.6) is 5.75 Å². The maximum absolute atomic E-state index is 12.7. The lowest BCUT2D eigenvalue weighted by molar-refractivity contribution is 0.0300. The van der Waals surface area contributed by atoms with Crippen LogP contribution >= 0.6 is 15.9 Å². The molecule has 2 aromatic rings. The molecule has 0 N–H and O–H groups in total. The van der Waals surface area contributed by atoms with Crippen LogP contribution in [0.1, 0.15) is 15.9 Å². The van der Waals surface area contributed by atoms with E-state index in [1.54, 1.807) is 0 Å². The van der Waals surface area contributed by atoms with Crippen molar-refractivity contribution in [2.24, 2.45) is 0 Å². The summed E-state index contributed by atoms with van der Waals surface area (Å²) in [5, 5.41) is 0. The Morgan fingerprint density at radius 3 is 2.57 bits per heavy atom. The van der Waals surface area contributed by atoms with Crippen LogP contribution in [0.2, 0.25) is 0 Å². The summed E-state index contributed by atoms with van der Waals surface area (Å²) < 4.78 is 12.2. The standard InChI is InChI=1S/C18H18BrNO3/c19-16-7-3-1-5-14(16)13-23-17-8-4-2-6-15(17)18(21)20-9-11-22-12-10-20/h1-8H,9-13H2. The van der Waals surface area contributed by atoms with Crippen LogP contribution in [0.15, 0.2) is 53.0 Å². The molecule has 1 amide bonds. The molecule has 1 aliphatic rings. The van der Waals surface area contributed by atoms with E-state index >= 15 is 0 Å². The minimum atomic E-state index is -0.00368. The maximum Gasteiger partial charge on any atom is 0.257 e. The Morgan fingerprint density at radius 2 is 1.78 bits per heavy atom. The Morgan fingerprint density at radius 1 is 1.09 bits per heavy atom. The molecule has 4 nitrogen and oxygen atoms in total. The molecular formula is C18H18BrNO3. The number of carbonyl (C=O) groups is 1. The van der Waals surface area contributed by atoms with Gasteiger partial charge in [0.15, 0.2) is 0 Å². The number of para-hydroxylation sites is 1. The molecule has 0 saturated carbocycles. The quantitative estimate of drug-likeness (QED) is 0.820. The van der Waals surface area contributed by atoms with Gasteiger partial charge >= 0.3 is 0 Å². The summed E-state index contributed by atoms with van der Waals surface area (Å²) in [6, 6.07) is 15.3. The minimum Gasteiger partial charge on any atom is -0.488 e. The normalized spacial score (nSPS) is 14.6. The highest BCUT2D eigenvalue weighted by atomic mass is 79.9. The van der Waals surface area contributed by atoms with E-state index in [1.165, 1.54) is 0 Å². The van der Waals surface area contributed by atoms with Crippen molar-refractivity contribution in [2.75, 3.05) is 26.3 Å². The summed E-state index contributed by atoms with van der Waals surface area (Å²) in [6.07, 6.45) is 0. The van der Waals surface area contributed by atoms with E-state index in [4.69, 9.17) is 9.47 Å². The number of benzene rings is 2. The minimum absolute atomic E-state index is 0.00368. The Bertz CT molecular complexity index is 683. The van der Waals surface area contributed by atoms with Crippen LogP contribution in [0.25, 0.3) is 0 Å². The van der Waals surface area contributed by atoms with E-state index in [9.17, 15) is 4.79 Å². The molecule has 3 rings (SSSR count). The monoisotopic (exact) mass is 375 g/mol. The summed E-state index contributed by atoms with van der Waals surface area (Å²) in [6.45, 7) is 2.83. The van der Waals surface area contributed by atoms with E-state index < -0.39 is 0 Å². The fraction of sp³-hybridized carbons (Fsp3) is 0.278. The molecule has 0 aromatic heterocycles. The second-order valence-electron chi connectivity index (χ2n) is 5.28. The van der Waals surface area contributed by atoms with Crippen LogP contribution in [0, 0.1) is 0 Å². The van der Waals surface area contributed by atoms with Crippen molar-refractivity contribution >= 4 is 21.8 Å². The number of halogens is 1. The molecule has 23 heavy (non-hydrogen) atoms. The molecule has 5 heteroatoms. The highest BCUT2D eigenvalue weighted by Gasteiger charge is 2.21. The smallest absolute Gasteiger partial charge is 0.257 e. The number of rotatable bonds is 4. The van der Waals surface area contributed by atoms with Gasteiger partial charge in [0.25, 0.3) is 5.91 Å². The lowest BCUT2D eigenvalue weighted by Gasteiger charge is -2.27. The molecule has 0 radical (unpaired) electrons. The lowest BCUT2D eigenvalue weighted by Crippen LogP contribution is -2.40. The topological polar surface area (TPSA) is 38.8 Å². The van der Waals surface area contributed by atoms with Gasteiger partial charge in [-0.15, -0.1) is 0 Å². The zero-order chi connectivity index (χ0) is 16.1. The van der Waals surface area contributed by atoms with Crippen molar-refractivity contribution in [3.05, 3.63) is 64.1 Å². The molecule has 0 aliphatic carbocycles. The third-order valence-electron chi connectivity index (χ3n) is 3.76. The van der Waals surface area contributed by atoms with E-state index in [2.05, 4.69) is 15.9 Å². The third kappa shape index (κ3) is 3.92. The van der Waals surface area contributed by atoms with Crippen molar-refractivity contribution in [1.29, 1.82) is 0 Å². The van der Waals surface area contributed by atoms with Crippen LogP contribution < -0.4 is 4.74 Å². The average Bonchev–Trinajstić information content (AvgIpc) is 2.61.